The molecule has 1 aromatic heterocycles. The van der Waals surface area contributed by atoms with Crippen LogP contribution >= 0.6 is 11.3 Å². The van der Waals surface area contributed by atoms with Crippen molar-refractivity contribution in [3.05, 3.63) is 22.4 Å². The van der Waals surface area contributed by atoms with Crippen LogP contribution in [0.1, 0.15) is 48.7 Å². The predicted octanol–water partition coefficient (Wildman–Crippen LogP) is 2.23. The van der Waals surface area contributed by atoms with Crippen molar-refractivity contribution in [1.82, 2.24) is 10.2 Å². The second-order valence-electron chi connectivity index (χ2n) is 6.38. The summed E-state index contributed by atoms with van der Waals surface area (Å²) in [7, 11) is 0. The smallest absolute Gasteiger partial charge is 0.261 e. The summed E-state index contributed by atoms with van der Waals surface area (Å²) in [6, 6.07) is 3.02. The first-order valence-corrected chi connectivity index (χ1v) is 9.13. The zero-order valence-corrected chi connectivity index (χ0v) is 14.1. The van der Waals surface area contributed by atoms with Crippen LogP contribution in [0.3, 0.4) is 0 Å². The molecule has 3 unspecified atom stereocenters. The number of rotatable bonds is 4. The molecule has 3 rings (SSSR count). The van der Waals surface area contributed by atoms with Gasteiger partial charge in [-0.05, 0) is 44.1 Å². The van der Waals surface area contributed by atoms with Crippen LogP contribution in [0.4, 0.5) is 0 Å². The Bertz CT molecular complexity index is 599. The van der Waals surface area contributed by atoms with Gasteiger partial charge in [-0.15, -0.1) is 11.3 Å². The lowest BCUT2D eigenvalue weighted by Crippen LogP contribution is -2.50. The van der Waals surface area contributed by atoms with E-state index in [0.717, 1.165) is 25.7 Å². The summed E-state index contributed by atoms with van der Waals surface area (Å²) < 4.78 is 0. The molecule has 1 aliphatic carbocycles. The summed E-state index contributed by atoms with van der Waals surface area (Å²) >= 11 is 1.36. The van der Waals surface area contributed by atoms with E-state index in [-0.39, 0.29) is 23.8 Å². The van der Waals surface area contributed by atoms with Crippen molar-refractivity contribution in [3.63, 3.8) is 0 Å². The number of likely N-dealkylation sites (tertiary alicyclic amines) is 1. The topological polar surface area (TPSA) is 66.5 Å². The zero-order valence-electron chi connectivity index (χ0n) is 13.3. The van der Waals surface area contributed by atoms with Gasteiger partial charge in [-0.1, -0.05) is 6.07 Å². The highest BCUT2D eigenvalue weighted by molar-refractivity contribution is 7.12. The molecule has 0 bridgehead atoms. The van der Waals surface area contributed by atoms with Crippen LogP contribution in [-0.4, -0.2) is 41.1 Å². The molecule has 23 heavy (non-hydrogen) atoms. The summed E-state index contributed by atoms with van der Waals surface area (Å²) in [4.78, 5) is 39.3. The van der Waals surface area contributed by atoms with Crippen molar-refractivity contribution in [3.8, 4) is 0 Å². The first-order valence-electron chi connectivity index (χ1n) is 8.25. The Balaban J connectivity index is 1.64. The van der Waals surface area contributed by atoms with E-state index in [4.69, 9.17) is 0 Å². The van der Waals surface area contributed by atoms with E-state index in [0.29, 0.717) is 23.6 Å². The first-order chi connectivity index (χ1) is 11.1. The van der Waals surface area contributed by atoms with E-state index in [1.54, 1.807) is 13.0 Å². The van der Waals surface area contributed by atoms with Gasteiger partial charge in [0.25, 0.3) is 5.91 Å². The Labute approximate surface area is 140 Å². The van der Waals surface area contributed by atoms with Crippen LogP contribution in [0.25, 0.3) is 0 Å². The van der Waals surface area contributed by atoms with Gasteiger partial charge in [0.2, 0.25) is 5.91 Å². The summed E-state index contributed by atoms with van der Waals surface area (Å²) in [6.07, 6.45) is 4.31. The highest BCUT2D eigenvalue weighted by Gasteiger charge is 2.41. The van der Waals surface area contributed by atoms with E-state index < -0.39 is 6.04 Å². The fourth-order valence-electron chi connectivity index (χ4n) is 3.72. The van der Waals surface area contributed by atoms with Crippen molar-refractivity contribution >= 4 is 28.9 Å². The second kappa shape index (κ2) is 6.83. The average molecular weight is 334 g/mol. The molecule has 1 aromatic rings. The third-order valence-corrected chi connectivity index (χ3v) is 5.73. The van der Waals surface area contributed by atoms with Gasteiger partial charge in [-0.3, -0.25) is 14.4 Å². The Morgan fingerprint density at radius 3 is 2.83 bits per heavy atom. The number of nitrogens with one attached hydrogen (secondary N) is 1. The summed E-state index contributed by atoms with van der Waals surface area (Å²) in [5.41, 5.74) is 0. The van der Waals surface area contributed by atoms with Gasteiger partial charge in [-0.25, -0.2) is 0 Å². The van der Waals surface area contributed by atoms with Crippen molar-refractivity contribution < 1.29 is 14.4 Å². The third-order valence-electron chi connectivity index (χ3n) is 4.86. The number of hydrogen-bond acceptors (Lipinski definition) is 4. The third kappa shape index (κ3) is 3.32. The van der Waals surface area contributed by atoms with E-state index >= 15 is 0 Å². The highest BCUT2D eigenvalue weighted by Crippen LogP contribution is 2.33. The summed E-state index contributed by atoms with van der Waals surface area (Å²) in [6.45, 7) is 2.41. The number of carbonyl (C=O) groups is 3. The molecule has 1 aliphatic heterocycles. The van der Waals surface area contributed by atoms with Crippen LogP contribution in [0.5, 0.6) is 0 Å². The van der Waals surface area contributed by atoms with Gasteiger partial charge >= 0.3 is 0 Å². The molecule has 2 heterocycles. The second-order valence-corrected chi connectivity index (χ2v) is 7.33. The number of thiophene rings is 1. The lowest BCUT2D eigenvalue weighted by Gasteiger charge is -2.31. The maximum Gasteiger partial charge on any atom is 0.261 e. The molecule has 5 nitrogen and oxygen atoms in total. The van der Waals surface area contributed by atoms with Crippen molar-refractivity contribution in [2.75, 3.05) is 6.54 Å². The molecule has 1 saturated carbocycles. The van der Waals surface area contributed by atoms with E-state index in [1.807, 2.05) is 16.3 Å². The average Bonchev–Trinajstić information content (AvgIpc) is 3.27. The van der Waals surface area contributed by atoms with Crippen molar-refractivity contribution in [1.29, 1.82) is 0 Å². The lowest BCUT2D eigenvalue weighted by molar-refractivity contribution is -0.135. The van der Waals surface area contributed by atoms with Gasteiger partial charge in [-0.2, -0.15) is 0 Å². The van der Waals surface area contributed by atoms with Crippen LogP contribution in [0, 0.1) is 5.92 Å². The molecular weight excluding hydrogens is 312 g/mol. The SMILES string of the molecule is CC(NC(=O)c1cccs1)C(=O)N1CCCC1C1CCCC1=O. The predicted molar refractivity (Wildman–Crippen MR) is 88.3 cm³/mol. The Morgan fingerprint density at radius 2 is 2.17 bits per heavy atom. The van der Waals surface area contributed by atoms with Crippen LogP contribution in [0.2, 0.25) is 0 Å². The molecule has 2 fully saturated rings. The number of carbonyl (C=O) groups excluding carboxylic acids is 3. The van der Waals surface area contributed by atoms with Crippen LogP contribution < -0.4 is 5.32 Å². The normalized spacial score (nSPS) is 25.6. The Kier molecular flexibility index (Phi) is 4.80. The van der Waals surface area contributed by atoms with Crippen LogP contribution in [0.15, 0.2) is 17.5 Å². The maximum atomic E-state index is 12.7. The van der Waals surface area contributed by atoms with Gasteiger partial charge in [0.15, 0.2) is 0 Å². The van der Waals surface area contributed by atoms with Gasteiger partial charge in [0.05, 0.1) is 4.88 Å². The molecule has 2 aliphatic rings. The minimum Gasteiger partial charge on any atom is -0.340 e. The largest absolute Gasteiger partial charge is 0.340 e. The van der Waals surface area contributed by atoms with E-state index in [1.165, 1.54) is 11.3 Å². The number of ketones is 1. The number of Topliss-reactive ketones (excluding diaryl/α,β-unsaturated/α-hetero) is 1. The van der Waals surface area contributed by atoms with Gasteiger partial charge < -0.3 is 10.2 Å². The minimum atomic E-state index is -0.568. The molecule has 1 N–H and O–H groups in total. The fourth-order valence-corrected chi connectivity index (χ4v) is 4.35. The van der Waals surface area contributed by atoms with Gasteiger partial charge in [0.1, 0.15) is 11.8 Å². The summed E-state index contributed by atoms with van der Waals surface area (Å²) in [5, 5.41) is 4.61. The molecule has 1 saturated heterocycles. The molecule has 124 valence electrons. The first kappa shape index (κ1) is 16.2. The van der Waals surface area contributed by atoms with E-state index in [2.05, 4.69) is 5.32 Å². The number of hydrogen-bond donors (Lipinski definition) is 1. The minimum absolute atomic E-state index is 0.00153. The molecule has 0 spiro atoms. The van der Waals surface area contributed by atoms with Crippen molar-refractivity contribution in [2.45, 2.75) is 51.1 Å². The fraction of sp³-hybridized carbons (Fsp3) is 0.588. The number of nitrogens with zero attached hydrogens (tertiary/aromatic N) is 1. The molecule has 6 heteroatoms. The molecule has 0 radical (unpaired) electrons. The highest BCUT2D eigenvalue weighted by atomic mass is 32.1. The maximum absolute atomic E-state index is 12.7. The van der Waals surface area contributed by atoms with E-state index in [9.17, 15) is 14.4 Å². The zero-order chi connectivity index (χ0) is 16.4. The molecule has 3 atom stereocenters. The molecule has 0 aromatic carbocycles. The monoisotopic (exact) mass is 334 g/mol. The standard InChI is InChI=1S/C17H22N2O3S/c1-11(18-16(21)15-8-4-10-23-15)17(22)19-9-3-6-13(19)12-5-2-7-14(12)20/h4,8,10-13H,2-3,5-7,9H2,1H3,(H,18,21). The quantitative estimate of drug-likeness (QED) is 0.918. The summed E-state index contributed by atoms with van der Waals surface area (Å²) in [5.74, 6) is 0.0114. The Hall–Kier alpha value is -1.69. The molecular formula is C17H22N2O3S. The van der Waals surface area contributed by atoms with Crippen LogP contribution in [-0.2, 0) is 9.59 Å². The van der Waals surface area contributed by atoms with Gasteiger partial charge in [0, 0.05) is 24.9 Å². The molecule has 2 amide bonds. The number of amides is 2. The Morgan fingerprint density at radius 1 is 1.35 bits per heavy atom. The van der Waals surface area contributed by atoms with Crippen molar-refractivity contribution in [2.24, 2.45) is 5.92 Å². The lowest BCUT2D eigenvalue weighted by atomic mass is 9.95.